The molecule has 0 saturated carbocycles. The van der Waals surface area contributed by atoms with Crippen molar-refractivity contribution >= 4 is 11.7 Å². The van der Waals surface area contributed by atoms with E-state index in [1.807, 2.05) is 17.0 Å². The van der Waals surface area contributed by atoms with E-state index in [1.165, 1.54) is 15.7 Å². The van der Waals surface area contributed by atoms with Gasteiger partial charge in [0, 0.05) is 44.6 Å². The van der Waals surface area contributed by atoms with Gasteiger partial charge in [0.15, 0.2) is 5.82 Å². The fourth-order valence-electron chi connectivity index (χ4n) is 3.85. The summed E-state index contributed by atoms with van der Waals surface area (Å²) in [5.41, 5.74) is 3.16. The molecule has 142 valence electrons. The van der Waals surface area contributed by atoms with Gasteiger partial charge in [-0.25, -0.2) is 4.98 Å². The number of aromatic nitrogens is 2. The highest BCUT2D eigenvalue weighted by molar-refractivity contribution is 5.96. The maximum absolute atomic E-state index is 13.1. The molecule has 2 aromatic rings. The lowest BCUT2D eigenvalue weighted by molar-refractivity contribution is -0.0150. The molecule has 0 radical (unpaired) electrons. The fourth-order valence-corrected chi connectivity index (χ4v) is 3.85. The van der Waals surface area contributed by atoms with Crippen LogP contribution < -0.4 is 10.9 Å². The lowest BCUT2D eigenvalue weighted by Gasteiger charge is -2.33. The molecule has 1 amide bonds. The first-order valence-corrected chi connectivity index (χ1v) is 9.40. The number of rotatable bonds is 4. The second-order valence-corrected chi connectivity index (χ2v) is 7.11. The highest BCUT2D eigenvalue weighted by Crippen LogP contribution is 2.26. The van der Waals surface area contributed by atoms with Crippen LogP contribution in [0.5, 0.6) is 0 Å². The Kier molecular flexibility index (Phi) is 4.94. The summed E-state index contributed by atoms with van der Waals surface area (Å²) in [5.74, 6) is 0.378. The van der Waals surface area contributed by atoms with Crippen molar-refractivity contribution in [2.45, 2.75) is 25.4 Å². The van der Waals surface area contributed by atoms with Crippen molar-refractivity contribution in [3.63, 3.8) is 0 Å². The Morgan fingerprint density at radius 2 is 2.26 bits per heavy atom. The Labute approximate surface area is 158 Å². The summed E-state index contributed by atoms with van der Waals surface area (Å²) in [7, 11) is 1.69. The fraction of sp³-hybridized carbons (Fsp3) is 0.450. The monoisotopic (exact) mass is 368 g/mol. The Hall–Kier alpha value is -2.67. The molecule has 1 unspecified atom stereocenters. The number of carbonyl (C=O) groups excluding carboxylic acids is 1. The zero-order valence-electron chi connectivity index (χ0n) is 15.5. The minimum Gasteiger partial charge on any atom is -0.373 e. The zero-order valence-corrected chi connectivity index (χ0v) is 15.5. The molecule has 1 aliphatic carbocycles. The van der Waals surface area contributed by atoms with Gasteiger partial charge in [0.25, 0.3) is 11.5 Å². The Morgan fingerprint density at radius 3 is 3.15 bits per heavy atom. The summed E-state index contributed by atoms with van der Waals surface area (Å²) < 4.78 is 7.26. The van der Waals surface area contributed by atoms with Crippen LogP contribution in [0.3, 0.4) is 0 Å². The predicted octanol–water partition coefficient (Wildman–Crippen LogP) is 1.22. The van der Waals surface area contributed by atoms with Gasteiger partial charge in [-0.3, -0.25) is 9.59 Å². The number of morpholine rings is 1. The van der Waals surface area contributed by atoms with Gasteiger partial charge in [-0.1, -0.05) is 12.1 Å². The lowest BCUT2D eigenvalue weighted by Crippen LogP contribution is -2.48. The molecule has 2 aliphatic rings. The zero-order chi connectivity index (χ0) is 18.8. The van der Waals surface area contributed by atoms with Crippen LogP contribution in [0.25, 0.3) is 0 Å². The van der Waals surface area contributed by atoms with E-state index in [1.54, 1.807) is 19.4 Å². The number of nitrogens with zero attached hydrogens (tertiary/aromatic N) is 3. The van der Waals surface area contributed by atoms with E-state index >= 15 is 0 Å². The van der Waals surface area contributed by atoms with Gasteiger partial charge in [-0.2, -0.15) is 0 Å². The van der Waals surface area contributed by atoms with E-state index in [9.17, 15) is 9.59 Å². The number of nitrogens with one attached hydrogen (secondary N) is 1. The van der Waals surface area contributed by atoms with Crippen LogP contribution in [-0.4, -0.2) is 52.7 Å². The number of anilines is 1. The predicted molar refractivity (Wildman–Crippen MR) is 102 cm³/mol. The summed E-state index contributed by atoms with van der Waals surface area (Å²) in [6.07, 6.45) is 6.18. The molecule has 7 heteroatoms. The average Bonchev–Trinajstić information content (AvgIpc) is 3.18. The average molecular weight is 368 g/mol. The van der Waals surface area contributed by atoms with Crippen molar-refractivity contribution in [2.24, 2.45) is 7.05 Å². The Bertz CT molecular complexity index is 908. The molecule has 4 rings (SSSR count). The van der Waals surface area contributed by atoms with E-state index in [2.05, 4.69) is 16.4 Å². The number of fused-ring (bicyclic) bond motifs is 1. The number of benzene rings is 1. The maximum Gasteiger partial charge on any atom is 0.293 e. The van der Waals surface area contributed by atoms with Crippen LogP contribution in [0, 0.1) is 0 Å². The van der Waals surface area contributed by atoms with Crippen LogP contribution in [0.15, 0.2) is 35.4 Å². The Morgan fingerprint density at radius 1 is 1.37 bits per heavy atom. The topological polar surface area (TPSA) is 76.5 Å². The maximum atomic E-state index is 13.1. The van der Waals surface area contributed by atoms with E-state index < -0.39 is 0 Å². The van der Waals surface area contributed by atoms with Crippen LogP contribution >= 0.6 is 0 Å². The summed E-state index contributed by atoms with van der Waals surface area (Å²) in [6, 6.07) is 6.04. The molecule has 1 aliphatic heterocycles. The molecule has 1 aromatic carbocycles. The minimum atomic E-state index is -0.180. The van der Waals surface area contributed by atoms with E-state index in [-0.39, 0.29) is 17.6 Å². The van der Waals surface area contributed by atoms with Gasteiger partial charge < -0.3 is 19.5 Å². The molecule has 1 aromatic heterocycles. The van der Waals surface area contributed by atoms with Gasteiger partial charge in [-0.15, -0.1) is 0 Å². The molecular formula is C20H24N4O3. The van der Waals surface area contributed by atoms with Crippen molar-refractivity contribution in [3.8, 4) is 0 Å². The number of ether oxygens (including phenoxy) is 1. The first-order chi connectivity index (χ1) is 13.1. The van der Waals surface area contributed by atoms with E-state index in [0.717, 1.165) is 24.8 Å². The summed E-state index contributed by atoms with van der Waals surface area (Å²) in [6.45, 7) is 2.02. The second kappa shape index (κ2) is 7.52. The second-order valence-electron chi connectivity index (χ2n) is 7.11. The van der Waals surface area contributed by atoms with Gasteiger partial charge in [0.1, 0.15) is 0 Å². The van der Waals surface area contributed by atoms with Gasteiger partial charge >= 0.3 is 0 Å². The van der Waals surface area contributed by atoms with Crippen molar-refractivity contribution in [3.05, 3.63) is 57.6 Å². The molecule has 1 N–H and O–H groups in total. The highest BCUT2D eigenvalue weighted by atomic mass is 16.5. The normalized spacial score (nSPS) is 19.0. The smallest absolute Gasteiger partial charge is 0.293 e. The molecule has 2 heterocycles. The van der Waals surface area contributed by atoms with Gasteiger partial charge in [0.05, 0.1) is 12.7 Å². The molecule has 1 atom stereocenters. The molecule has 0 bridgehead atoms. The molecule has 27 heavy (non-hydrogen) atoms. The van der Waals surface area contributed by atoms with Crippen LogP contribution in [0.1, 0.15) is 27.9 Å². The molecule has 1 fully saturated rings. The summed E-state index contributed by atoms with van der Waals surface area (Å²) in [5, 5.41) is 3.06. The molecular weight excluding hydrogens is 344 g/mol. The number of amides is 1. The van der Waals surface area contributed by atoms with Gasteiger partial charge in [-0.05, 0) is 36.5 Å². The first kappa shape index (κ1) is 17.7. The van der Waals surface area contributed by atoms with Crippen LogP contribution in [0.2, 0.25) is 0 Å². The minimum absolute atomic E-state index is 0.0794. The largest absolute Gasteiger partial charge is 0.373 e. The third kappa shape index (κ3) is 3.60. The summed E-state index contributed by atoms with van der Waals surface area (Å²) in [4.78, 5) is 31.0. The van der Waals surface area contributed by atoms with Crippen molar-refractivity contribution < 1.29 is 9.53 Å². The van der Waals surface area contributed by atoms with Crippen LogP contribution in [0.4, 0.5) is 5.82 Å². The molecule has 1 saturated heterocycles. The van der Waals surface area contributed by atoms with E-state index in [4.69, 9.17) is 4.74 Å². The SMILES string of the molecule is Cn1ccnc(NCC2CN(C(=O)c3cccc4c3CCC4)CCO2)c1=O. The molecule has 7 nitrogen and oxygen atoms in total. The van der Waals surface area contributed by atoms with Crippen molar-refractivity contribution in [2.75, 3.05) is 31.6 Å². The lowest BCUT2D eigenvalue weighted by atomic mass is 10.0. The number of hydrogen-bond acceptors (Lipinski definition) is 5. The third-order valence-electron chi connectivity index (χ3n) is 5.32. The molecule has 0 spiro atoms. The first-order valence-electron chi connectivity index (χ1n) is 9.40. The van der Waals surface area contributed by atoms with E-state index in [0.29, 0.717) is 32.1 Å². The number of carbonyl (C=O) groups is 1. The number of aryl methyl sites for hydroxylation is 2. The van der Waals surface area contributed by atoms with Crippen molar-refractivity contribution in [1.29, 1.82) is 0 Å². The third-order valence-corrected chi connectivity index (χ3v) is 5.32. The Balaban J connectivity index is 1.42. The highest BCUT2D eigenvalue weighted by Gasteiger charge is 2.28. The summed E-state index contributed by atoms with van der Waals surface area (Å²) >= 11 is 0. The standard InChI is InChI=1S/C20H24N4O3/c1-23-9-8-21-18(20(23)26)22-12-15-13-24(10-11-27-15)19(25)17-7-3-5-14-4-2-6-16(14)17/h3,5,7-9,15H,2,4,6,10-13H2,1H3,(H,21,22). The quantitative estimate of drug-likeness (QED) is 0.878. The van der Waals surface area contributed by atoms with Crippen molar-refractivity contribution in [1.82, 2.24) is 14.5 Å². The number of hydrogen-bond donors (Lipinski definition) is 1. The van der Waals surface area contributed by atoms with Crippen LogP contribution in [-0.2, 0) is 24.6 Å². The van der Waals surface area contributed by atoms with Gasteiger partial charge in [0.2, 0.25) is 0 Å².